The van der Waals surface area contributed by atoms with Crippen LogP contribution in [0.3, 0.4) is 0 Å². The highest BCUT2D eigenvalue weighted by Gasteiger charge is 2.25. The monoisotopic (exact) mass is 255 g/mol. The summed E-state index contributed by atoms with van der Waals surface area (Å²) in [6.45, 7) is 6.85. The molecule has 1 heterocycles. The van der Waals surface area contributed by atoms with Gasteiger partial charge in [0.1, 0.15) is 6.33 Å². The molecule has 0 fully saturated rings. The molecule has 1 unspecified atom stereocenters. The number of H-pyrrole nitrogens is 1. The number of aliphatic carboxylic acids is 1. The summed E-state index contributed by atoms with van der Waals surface area (Å²) in [5, 5.41) is 14.8. The largest absolute Gasteiger partial charge is 0.481 e. The number of carboxylic acids is 1. The van der Waals surface area contributed by atoms with Crippen molar-refractivity contribution in [3.8, 4) is 0 Å². The maximum absolute atomic E-state index is 11.3. The standard InChI is InChI=1S/C12H21N3O3/c1-12(2,3)9(4-5-10(16)17)6-7-15-8-13-14-11(15)18/h8-9H,4-7H2,1-3H3,(H,14,18)(H,16,17). The minimum atomic E-state index is -0.773. The Kier molecular flexibility index (Phi) is 4.69. The third-order valence-corrected chi connectivity index (χ3v) is 3.27. The van der Waals surface area contributed by atoms with Crippen LogP contribution in [0.5, 0.6) is 0 Å². The van der Waals surface area contributed by atoms with Crippen molar-refractivity contribution in [1.82, 2.24) is 14.8 Å². The number of nitrogens with one attached hydrogen (secondary N) is 1. The Morgan fingerprint density at radius 2 is 2.17 bits per heavy atom. The Labute approximate surface area is 106 Å². The van der Waals surface area contributed by atoms with E-state index in [4.69, 9.17) is 5.11 Å². The zero-order chi connectivity index (χ0) is 13.8. The van der Waals surface area contributed by atoms with Crippen molar-refractivity contribution in [1.29, 1.82) is 0 Å². The molecule has 0 bridgehead atoms. The molecule has 102 valence electrons. The molecule has 1 atom stereocenters. The maximum atomic E-state index is 11.3. The van der Waals surface area contributed by atoms with Crippen LogP contribution in [-0.2, 0) is 11.3 Å². The highest BCUT2D eigenvalue weighted by Crippen LogP contribution is 2.32. The number of hydrogen-bond acceptors (Lipinski definition) is 3. The van der Waals surface area contributed by atoms with Gasteiger partial charge < -0.3 is 5.11 Å². The Hall–Kier alpha value is -1.59. The lowest BCUT2D eigenvalue weighted by atomic mass is 9.76. The van der Waals surface area contributed by atoms with Crippen LogP contribution >= 0.6 is 0 Å². The second-order valence-corrected chi connectivity index (χ2v) is 5.64. The highest BCUT2D eigenvalue weighted by atomic mass is 16.4. The van der Waals surface area contributed by atoms with Crippen LogP contribution in [0.4, 0.5) is 0 Å². The average molecular weight is 255 g/mol. The molecule has 18 heavy (non-hydrogen) atoms. The summed E-state index contributed by atoms with van der Waals surface area (Å²) in [6.07, 6.45) is 3.04. The van der Waals surface area contributed by atoms with Crippen LogP contribution in [0.15, 0.2) is 11.1 Å². The van der Waals surface area contributed by atoms with Crippen LogP contribution in [-0.4, -0.2) is 25.8 Å². The second-order valence-electron chi connectivity index (χ2n) is 5.64. The molecule has 0 amide bonds. The summed E-state index contributed by atoms with van der Waals surface area (Å²) in [5.74, 6) is -0.514. The smallest absolute Gasteiger partial charge is 0.343 e. The molecule has 0 radical (unpaired) electrons. The van der Waals surface area contributed by atoms with Gasteiger partial charge in [0.15, 0.2) is 0 Å². The molecular formula is C12H21N3O3. The number of carbonyl (C=O) groups is 1. The van der Waals surface area contributed by atoms with Gasteiger partial charge in [0.25, 0.3) is 0 Å². The first-order chi connectivity index (χ1) is 8.30. The maximum Gasteiger partial charge on any atom is 0.343 e. The Morgan fingerprint density at radius 3 is 2.61 bits per heavy atom. The minimum absolute atomic E-state index is 0.0305. The van der Waals surface area contributed by atoms with Gasteiger partial charge in [-0.15, -0.1) is 0 Å². The van der Waals surface area contributed by atoms with Crippen molar-refractivity contribution in [2.45, 2.75) is 46.6 Å². The van der Waals surface area contributed by atoms with Crippen LogP contribution in [0.2, 0.25) is 0 Å². The molecule has 6 nitrogen and oxygen atoms in total. The molecule has 0 saturated carbocycles. The molecule has 1 aromatic heterocycles. The third kappa shape index (κ3) is 4.35. The van der Waals surface area contributed by atoms with Crippen molar-refractivity contribution >= 4 is 5.97 Å². The molecule has 0 aromatic carbocycles. The zero-order valence-corrected chi connectivity index (χ0v) is 11.1. The van der Waals surface area contributed by atoms with Gasteiger partial charge in [0, 0.05) is 13.0 Å². The lowest BCUT2D eigenvalue weighted by Gasteiger charge is -2.30. The van der Waals surface area contributed by atoms with Crippen molar-refractivity contribution < 1.29 is 9.90 Å². The fraction of sp³-hybridized carbons (Fsp3) is 0.750. The molecule has 0 aliphatic carbocycles. The number of aryl methyl sites for hydroxylation is 1. The first-order valence-electron chi connectivity index (χ1n) is 6.12. The van der Waals surface area contributed by atoms with Crippen molar-refractivity contribution in [2.75, 3.05) is 0 Å². The van der Waals surface area contributed by atoms with Crippen LogP contribution in [0.1, 0.15) is 40.0 Å². The molecule has 1 aromatic rings. The zero-order valence-electron chi connectivity index (χ0n) is 11.1. The van der Waals surface area contributed by atoms with E-state index in [1.54, 1.807) is 0 Å². The third-order valence-electron chi connectivity index (χ3n) is 3.27. The van der Waals surface area contributed by atoms with E-state index < -0.39 is 5.97 Å². The molecular weight excluding hydrogens is 234 g/mol. The lowest BCUT2D eigenvalue weighted by molar-refractivity contribution is -0.137. The minimum Gasteiger partial charge on any atom is -0.481 e. The summed E-state index contributed by atoms with van der Waals surface area (Å²) < 4.78 is 1.51. The van der Waals surface area contributed by atoms with E-state index in [1.807, 2.05) is 0 Å². The van der Waals surface area contributed by atoms with Gasteiger partial charge in [-0.05, 0) is 24.2 Å². The van der Waals surface area contributed by atoms with Gasteiger partial charge in [0.2, 0.25) is 0 Å². The van der Waals surface area contributed by atoms with E-state index in [0.29, 0.717) is 13.0 Å². The molecule has 0 aliphatic rings. The predicted octanol–water partition coefficient (Wildman–Crippen LogP) is 1.49. The number of rotatable bonds is 6. The summed E-state index contributed by atoms with van der Waals surface area (Å²) in [7, 11) is 0. The van der Waals surface area contributed by atoms with E-state index in [-0.39, 0.29) is 23.4 Å². The molecule has 2 N–H and O–H groups in total. The number of hydrogen-bond donors (Lipinski definition) is 2. The fourth-order valence-electron chi connectivity index (χ4n) is 2.03. The average Bonchev–Trinajstić information content (AvgIpc) is 2.61. The summed E-state index contributed by atoms with van der Waals surface area (Å²) in [6, 6.07) is 0. The van der Waals surface area contributed by atoms with E-state index in [2.05, 4.69) is 31.0 Å². The van der Waals surface area contributed by atoms with Crippen LogP contribution in [0, 0.1) is 11.3 Å². The molecule has 0 saturated heterocycles. The topological polar surface area (TPSA) is 88.0 Å². The predicted molar refractivity (Wildman–Crippen MR) is 67.3 cm³/mol. The quantitative estimate of drug-likeness (QED) is 0.806. The van der Waals surface area contributed by atoms with Gasteiger partial charge in [-0.25, -0.2) is 9.89 Å². The molecule has 0 spiro atoms. The normalized spacial score (nSPS) is 13.5. The van der Waals surface area contributed by atoms with E-state index >= 15 is 0 Å². The van der Waals surface area contributed by atoms with Gasteiger partial charge in [-0.1, -0.05) is 20.8 Å². The van der Waals surface area contributed by atoms with E-state index in [0.717, 1.165) is 6.42 Å². The Balaban J connectivity index is 2.59. The molecule has 6 heteroatoms. The van der Waals surface area contributed by atoms with Gasteiger partial charge >= 0.3 is 11.7 Å². The number of carboxylic acid groups (broad SMARTS) is 1. The summed E-state index contributed by atoms with van der Waals surface area (Å²) >= 11 is 0. The lowest BCUT2D eigenvalue weighted by Crippen LogP contribution is -2.25. The van der Waals surface area contributed by atoms with Gasteiger partial charge in [-0.2, -0.15) is 5.10 Å². The van der Waals surface area contributed by atoms with Crippen molar-refractivity contribution in [3.05, 3.63) is 16.8 Å². The van der Waals surface area contributed by atoms with E-state index in [1.165, 1.54) is 10.9 Å². The van der Waals surface area contributed by atoms with Gasteiger partial charge in [-0.3, -0.25) is 9.36 Å². The first-order valence-corrected chi connectivity index (χ1v) is 6.12. The van der Waals surface area contributed by atoms with Crippen molar-refractivity contribution in [2.24, 2.45) is 11.3 Å². The van der Waals surface area contributed by atoms with Crippen molar-refractivity contribution in [3.63, 3.8) is 0 Å². The summed E-state index contributed by atoms with van der Waals surface area (Å²) in [5.41, 5.74) is -0.191. The fourth-order valence-corrected chi connectivity index (χ4v) is 2.03. The number of nitrogens with zero attached hydrogens (tertiary/aromatic N) is 2. The Bertz CT molecular complexity index is 442. The Morgan fingerprint density at radius 1 is 1.50 bits per heavy atom. The SMILES string of the molecule is CC(C)(C)C(CCC(=O)O)CCn1cn[nH]c1=O. The van der Waals surface area contributed by atoms with E-state index in [9.17, 15) is 9.59 Å². The first kappa shape index (κ1) is 14.5. The summed E-state index contributed by atoms with van der Waals surface area (Å²) in [4.78, 5) is 21.9. The second kappa shape index (κ2) is 5.84. The number of aromatic amines is 1. The molecule has 0 aliphatic heterocycles. The molecule has 1 rings (SSSR count). The highest BCUT2D eigenvalue weighted by molar-refractivity contribution is 5.66. The number of aromatic nitrogens is 3. The van der Waals surface area contributed by atoms with Crippen LogP contribution in [0.25, 0.3) is 0 Å². The van der Waals surface area contributed by atoms with Crippen LogP contribution < -0.4 is 5.69 Å². The van der Waals surface area contributed by atoms with Gasteiger partial charge in [0.05, 0.1) is 0 Å².